The summed E-state index contributed by atoms with van der Waals surface area (Å²) >= 11 is 3.48. The molecule has 1 aliphatic carbocycles. The van der Waals surface area contributed by atoms with Crippen molar-refractivity contribution in [3.63, 3.8) is 0 Å². The Hall–Kier alpha value is -1.61. The summed E-state index contributed by atoms with van der Waals surface area (Å²) in [6, 6.07) is 12.4. The number of benzene rings is 2. The summed E-state index contributed by atoms with van der Waals surface area (Å²) in [4.78, 5) is 12.2. The maximum absolute atomic E-state index is 12.2. The molecular formula is C18H15BrO2. The highest BCUT2D eigenvalue weighted by atomic mass is 79.9. The highest BCUT2D eigenvalue weighted by molar-refractivity contribution is 9.10. The molecule has 2 nitrogen and oxygen atoms in total. The maximum atomic E-state index is 12.2. The number of ether oxygens (including phenoxy) is 1. The molecule has 2 aromatic rings. The third kappa shape index (κ3) is 2.11. The van der Waals surface area contributed by atoms with Gasteiger partial charge in [0.2, 0.25) is 0 Å². The van der Waals surface area contributed by atoms with E-state index >= 15 is 0 Å². The van der Waals surface area contributed by atoms with Crippen molar-refractivity contribution < 1.29 is 9.53 Å². The van der Waals surface area contributed by atoms with Crippen LogP contribution in [0.3, 0.4) is 0 Å². The van der Waals surface area contributed by atoms with Gasteiger partial charge in [-0.15, -0.1) is 0 Å². The fourth-order valence-corrected chi connectivity index (χ4v) is 3.79. The van der Waals surface area contributed by atoms with Crippen LogP contribution < -0.4 is 0 Å². The number of hydrogen-bond acceptors (Lipinski definition) is 2. The SMILES string of the molecule is O=C1OC(c2ccc3cc(Br)ccc3c2)=CC12CCCC2. The van der Waals surface area contributed by atoms with Crippen molar-refractivity contribution >= 4 is 38.4 Å². The second kappa shape index (κ2) is 4.70. The molecule has 0 bridgehead atoms. The van der Waals surface area contributed by atoms with E-state index in [1.807, 2.05) is 12.1 Å². The number of fused-ring (bicyclic) bond motifs is 1. The first-order valence-corrected chi connectivity index (χ1v) is 8.10. The molecule has 0 radical (unpaired) electrons. The lowest BCUT2D eigenvalue weighted by molar-refractivity contribution is -0.142. The zero-order valence-corrected chi connectivity index (χ0v) is 13.2. The van der Waals surface area contributed by atoms with E-state index in [2.05, 4.69) is 46.3 Å². The minimum atomic E-state index is -0.343. The van der Waals surface area contributed by atoms with Crippen LogP contribution >= 0.6 is 15.9 Å². The predicted molar refractivity (Wildman–Crippen MR) is 86.6 cm³/mol. The zero-order valence-electron chi connectivity index (χ0n) is 11.6. The smallest absolute Gasteiger partial charge is 0.321 e. The minimum absolute atomic E-state index is 0.0640. The van der Waals surface area contributed by atoms with Gasteiger partial charge in [-0.3, -0.25) is 4.79 Å². The number of carbonyl (C=O) groups excluding carboxylic acids is 1. The van der Waals surface area contributed by atoms with E-state index in [9.17, 15) is 4.79 Å². The number of rotatable bonds is 1. The van der Waals surface area contributed by atoms with Crippen molar-refractivity contribution in [1.29, 1.82) is 0 Å². The molecule has 0 amide bonds. The molecular weight excluding hydrogens is 328 g/mol. The van der Waals surface area contributed by atoms with E-state index in [1.165, 1.54) is 5.39 Å². The van der Waals surface area contributed by atoms with Gasteiger partial charge in [-0.25, -0.2) is 0 Å². The number of halogens is 1. The Bertz CT molecular complexity index is 770. The van der Waals surface area contributed by atoms with Crippen molar-refractivity contribution in [2.75, 3.05) is 0 Å². The Labute approximate surface area is 131 Å². The largest absolute Gasteiger partial charge is 0.426 e. The molecule has 1 heterocycles. The van der Waals surface area contributed by atoms with Crippen LogP contribution in [0, 0.1) is 5.41 Å². The van der Waals surface area contributed by atoms with Gasteiger partial charge < -0.3 is 4.74 Å². The molecule has 1 spiro atoms. The van der Waals surface area contributed by atoms with Gasteiger partial charge >= 0.3 is 5.97 Å². The van der Waals surface area contributed by atoms with Gasteiger partial charge in [-0.1, -0.05) is 47.0 Å². The lowest BCUT2D eigenvalue weighted by Gasteiger charge is -2.13. The molecule has 2 aromatic carbocycles. The Morgan fingerprint density at radius 2 is 1.71 bits per heavy atom. The molecule has 0 saturated heterocycles. The standard InChI is InChI=1S/C18H15BrO2/c19-15-6-5-12-9-14(4-3-13(12)10-15)16-11-18(17(20)21-16)7-1-2-8-18/h3-6,9-11H,1-2,7-8H2. The van der Waals surface area contributed by atoms with Crippen molar-refractivity contribution in [2.45, 2.75) is 25.7 Å². The summed E-state index contributed by atoms with van der Waals surface area (Å²) in [5, 5.41) is 2.33. The molecule has 0 aromatic heterocycles. The highest BCUT2D eigenvalue weighted by Crippen LogP contribution is 2.47. The topological polar surface area (TPSA) is 26.3 Å². The second-order valence-corrected chi connectivity index (χ2v) is 6.88. The van der Waals surface area contributed by atoms with E-state index in [-0.39, 0.29) is 11.4 Å². The summed E-state index contributed by atoms with van der Waals surface area (Å²) in [5.41, 5.74) is 0.645. The van der Waals surface area contributed by atoms with Crippen LogP contribution in [0.1, 0.15) is 31.2 Å². The average Bonchev–Trinajstić information content (AvgIpc) is 3.07. The molecule has 1 aliphatic heterocycles. The van der Waals surface area contributed by atoms with E-state index in [0.29, 0.717) is 0 Å². The normalized spacial score (nSPS) is 20.0. The number of hydrogen-bond donors (Lipinski definition) is 0. The van der Waals surface area contributed by atoms with Crippen LogP contribution in [0.25, 0.3) is 16.5 Å². The van der Waals surface area contributed by atoms with Crippen molar-refractivity contribution in [3.05, 3.63) is 52.5 Å². The van der Waals surface area contributed by atoms with Crippen molar-refractivity contribution in [2.24, 2.45) is 5.41 Å². The Balaban J connectivity index is 1.77. The molecule has 1 fully saturated rings. The zero-order chi connectivity index (χ0) is 14.4. The average molecular weight is 343 g/mol. The van der Waals surface area contributed by atoms with E-state index in [4.69, 9.17) is 4.74 Å². The van der Waals surface area contributed by atoms with E-state index < -0.39 is 0 Å². The van der Waals surface area contributed by atoms with Gasteiger partial charge in [0.25, 0.3) is 0 Å². The molecule has 0 unspecified atom stereocenters. The summed E-state index contributed by atoms with van der Waals surface area (Å²) < 4.78 is 6.64. The molecule has 2 aliphatic rings. The van der Waals surface area contributed by atoms with Crippen LogP contribution in [0.5, 0.6) is 0 Å². The first kappa shape index (κ1) is 13.1. The fourth-order valence-electron chi connectivity index (χ4n) is 3.41. The molecule has 1 saturated carbocycles. The Morgan fingerprint density at radius 3 is 2.52 bits per heavy atom. The van der Waals surface area contributed by atoms with Crippen molar-refractivity contribution in [3.8, 4) is 0 Å². The maximum Gasteiger partial charge on any atom is 0.321 e. The van der Waals surface area contributed by atoms with E-state index in [1.54, 1.807) is 0 Å². The lowest BCUT2D eigenvalue weighted by atomic mass is 9.87. The molecule has 106 valence electrons. The summed E-state index contributed by atoms with van der Waals surface area (Å²) in [7, 11) is 0. The molecule has 0 atom stereocenters. The third-order valence-electron chi connectivity index (χ3n) is 4.60. The number of esters is 1. The Morgan fingerprint density at radius 1 is 1.00 bits per heavy atom. The van der Waals surface area contributed by atoms with Gasteiger partial charge in [-0.05, 0) is 47.9 Å². The summed E-state index contributed by atoms with van der Waals surface area (Å²) in [5.74, 6) is 0.664. The Kier molecular flexibility index (Phi) is 2.93. The first-order valence-electron chi connectivity index (χ1n) is 7.31. The predicted octanol–water partition coefficient (Wildman–Crippen LogP) is 5.06. The van der Waals surface area contributed by atoms with Gasteiger partial charge in [0.15, 0.2) is 0 Å². The lowest BCUT2D eigenvalue weighted by Crippen LogP contribution is -2.21. The fraction of sp³-hybridized carbons (Fsp3) is 0.278. The summed E-state index contributed by atoms with van der Waals surface area (Å²) in [6.07, 6.45) is 6.14. The van der Waals surface area contributed by atoms with Crippen LogP contribution in [0.4, 0.5) is 0 Å². The van der Waals surface area contributed by atoms with Crippen LogP contribution in [0.15, 0.2) is 46.9 Å². The van der Waals surface area contributed by atoms with Crippen molar-refractivity contribution in [1.82, 2.24) is 0 Å². The first-order chi connectivity index (χ1) is 10.2. The van der Waals surface area contributed by atoms with Gasteiger partial charge in [0.1, 0.15) is 5.76 Å². The number of carbonyl (C=O) groups is 1. The van der Waals surface area contributed by atoms with Crippen LogP contribution in [-0.4, -0.2) is 5.97 Å². The van der Waals surface area contributed by atoms with Gasteiger partial charge in [0, 0.05) is 10.0 Å². The van der Waals surface area contributed by atoms with Crippen LogP contribution in [0.2, 0.25) is 0 Å². The molecule has 21 heavy (non-hydrogen) atoms. The summed E-state index contributed by atoms with van der Waals surface area (Å²) in [6.45, 7) is 0. The number of cyclic esters (lactones) is 1. The molecule has 0 N–H and O–H groups in total. The third-order valence-corrected chi connectivity index (χ3v) is 5.09. The highest BCUT2D eigenvalue weighted by Gasteiger charge is 2.46. The quantitative estimate of drug-likeness (QED) is 0.677. The minimum Gasteiger partial charge on any atom is -0.426 e. The van der Waals surface area contributed by atoms with E-state index in [0.717, 1.165) is 46.9 Å². The van der Waals surface area contributed by atoms with Gasteiger partial charge in [-0.2, -0.15) is 0 Å². The van der Waals surface area contributed by atoms with Gasteiger partial charge in [0.05, 0.1) is 5.41 Å². The molecule has 4 rings (SSSR count). The molecule has 3 heteroatoms. The second-order valence-electron chi connectivity index (χ2n) is 5.97. The monoisotopic (exact) mass is 342 g/mol. The van der Waals surface area contributed by atoms with Crippen LogP contribution in [-0.2, 0) is 9.53 Å².